The molecule has 0 spiro atoms. The van der Waals surface area contributed by atoms with Crippen LogP contribution in [-0.4, -0.2) is 5.91 Å². The van der Waals surface area contributed by atoms with E-state index >= 15 is 0 Å². The van der Waals surface area contributed by atoms with E-state index in [1.807, 2.05) is 6.07 Å². The number of rotatable bonds is 2. The van der Waals surface area contributed by atoms with E-state index in [9.17, 15) is 9.18 Å². The summed E-state index contributed by atoms with van der Waals surface area (Å²) >= 11 is 5.79. The summed E-state index contributed by atoms with van der Waals surface area (Å²) in [5, 5.41) is 11.7. The molecule has 20 heavy (non-hydrogen) atoms. The molecule has 0 radical (unpaired) electrons. The van der Waals surface area contributed by atoms with Gasteiger partial charge < -0.3 is 11.1 Å². The quantitative estimate of drug-likeness (QED) is 0.833. The van der Waals surface area contributed by atoms with Crippen LogP contribution in [0.1, 0.15) is 15.9 Å². The van der Waals surface area contributed by atoms with Crippen molar-refractivity contribution in [2.24, 2.45) is 0 Å². The minimum Gasteiger partial charge on any atom is -0.399 e. The van der Waals surface area contributed by atoms with Crippen molar-refractivity contribution in [3.8, 4) is 6.07 Å². The molecule has 2 rings (SSSR count). The van der Waals surface area contributed by atoms with Gasteiger partial charge in [-0.25, -0.2) is 4.39 Å². The minimum absolute atomic E-state index is 0.0935. The molecule has 6 heteroatoms. The Balaban J connectivity index is 2.26. The van der Waals surface area contributed by atoms with E-state index in [0.29, 0.717) is 10.7 Å². The lowest BCUT2D eigenvalue weighted by atomic mass is 10.1. The van der Waals surface area contributed by atoms with Crippen molar-refractivity contribution >= 4 is 28.9 Å². The first-order chi connectivity index (χ1) is 9.49. The van der Waals surface area contributed by atoms with Crippen LogP contribution in [0.4, 0.5) is 15.8 Å². The van der Waals surface area contributed by atoms with Gasteiger partial charge in [0.25, 0.3) is 5.91 Å². The number of nitriles is 1. The first kappa shape index (κ1) is 13.8. The van der Waals surface area contributed by atoms with E-state index in [1.54, 1.807) is 6.07 Å². The molecule has 2 aromatic carbocycles. The number of halogens is 2. The van der Waals surface area contributed by atoms with Gasteiger partial charge in [-0.2, -0.15) is 5.26 Å². The van der Waals surface area contributed by atoms with Crippen LogP contribution < -0.4 is 11.1 Å². The van der Waals surface area contributed by atoms with Crippen molar-refractivity contribution in [1.82, 2.24) is 0 Å². The Morgan fingerprint density at radius 1 is 1.30 bits per heavy atom. The molecule has 0 aromatic heterocycles. The number of anilines is 2. The lowest BCUT2D eigenvalue weighted by Crippen LogP contribution is -2.12. The van der Waals surface area contributed by atoms with Crippen molar-refractivity contribution in [3.63, 3.8) is 0 Å². The molecule has 0 atom stereocenters. The van der Waals surface area contributed by atoms with Gasteiger partial charge in [0.05, 0.1) is 10.6 Å². The van der Waals surface area contributed by atoms with Crippen LogP contribution in [0.15, 0.2) is 36.4 Å². The third-order valence-corrected chi connectivity index (χ3v) is 2.86. The molecule has 0 fully saturated rings. The number of nitrogens with zero attached hydrogens (tertiary/aromatic N) is 1. The van der Waals surface area contributed by atoms with E-state index in [2.05, 4.69) is 5.32 Å². The fourth-order valence-electron chi connectivity index (χ4n) is 1.64. The van der Waals surface area contributed by atoms with E-state index in [-0.39, 0.29) is 16.8 Å². The number of hydrogen-bond donors (Lipinski definition) is 2. The predicted molar refractivity (Wildman–Crippen MR) is 74.9 cm³/mol. The Morgan fingerprint density at radius 2 is 2.05 bits per heavy atom. The molecule has 0 saturated heterocycles. The summed E-state index contributed by atoms with van der Waals surface area (Å²) in [6.45, 7) is 0. The Labute approximate surface area is 119 Å². The monoisotopic (exact) mass is 289 g/mol. The molecule has 3 N–H and O–H groups in total. The SMILES string of the molecule is N#Cc1cc(NC(=O)c2cc(N)cc(F)c2)ccc1Cl. The fourth-order valence-corrected chi connectivity index (χ4v) is 1.80. The molecule has 0 aliphatic rings. The number of benzene rings is 2. The number of nitrogens with two attached hydrogens (primary N) is 1. The van der Waals surface area contributed by atoms with Gasteiger partial charge in [-0.05, 0) is 36.4 Å². The minimum atomic E-state index is -0.594. The maximum atomic E-state index is 13.2. The van der Waals surface area contributed by atoms with Crippen molar-refractivity contribution in [2.45, 2.75) is 0 Å². The van der Waals surface area contributed by atoms with E-state index < -0.39 is 11.7 Å². The second-order valence-electron chi connectivity index (χ2n) is 4.03. The van der Waals surface area contributed by atoms with Gasteiger partial charge in [0.1, 0.15) is 11.9 Å². The average molecular weight is 290 g/mol. The predicted octanol–water partition coefficient (Wildman–Crippen LogP) is 3.19. The third kappa shape index (κ3) is 3.05. The Kier molecular flexibility index (Phi) is 3.87. The second-order valence-corrected chi connectivity index (χ2v) is 4.44. The standard InChI is InChI=1S/C14H9ClFN3O/c15-13-2-1-12(5-9(13)7-17)19-14(20)8-3-10(16)6-11(18)4-8/h1-6H,18H2,(H,19,20). The van der Waals surface area contributed by atoms with Crippen LogP contribution in [-0.2, 0) is 0 Å². The van der Waals surface area contributed by atoms with Gasteiger partial charge in [0.2, 0.25) is 0 Å². The third-order valence-electron chi connectivity index (χ3n) is 2.53. The molecule has 0 saturated carbocycles. The number of carbonyl (C=O) groups is 1. The van der Waals surface area contributed by atoms with Gasteiger partial charge in [-0.1, -0.05) is 11.6 Å². The average Bonchev–Trinajstić information content (AvgIpc) is 2.39. The van der Waals surface area contributed by atoms with E-state index in [1.165, 1.54) is 18.2 Å². The van der Waals surface area contributed by atoms with Crippen LogP contribution in [0.3, 0.4) is 0 Å². The highest BCUT2D eigenvalue weighted by Gasteiger charge is 2.10. The summed E-state index contributed by atoms with van der Waals surface area (Å²) in [4.78, 5) is 12.0. The van der Waals surface area contributed by atoms with Gasteiger partial charge in [-0.15, -0.1) is 0 Å². The number of amides is 1. The largest absolute Gasteiger partial charge is 0.399 e. The summed E-state index contributed by atoms with van der Waals surface area (Å²) in [7, 11) is 0. The number of nitrogens with one attached hydrogen (secondary N) is 1. The second kappa shape index (κ2) is 5.59. The molecule has 100 valence electrons. The number of nitrogen functional groups attached to an aromatic ring is 1. The highest BCUT2D eigenvalue weighted by molar-refractivity contribution is 6.31. The summed E-state index contributed by atoms with van der Waals surface area (Å²) in [6, 6.07) is 9.93. The molecular formula is C14H9ClFN3O. The fraction of sp³-hybridized carbons (Fsp3) is 0. The van der Waals surface area contributed by atoms with Gasteiger partial charge in [0.15, 0.2) is 0 Å². The Bertz CT molecular complexity index is 705. The zero-order valence-electron chi connectivity index (χ0n) is 10.2. The lowest BCUT2D eigenvalue weighted by molar-refractivity contribution is 0.102. The van der Waals surface area contributed by atoms with Crippen LogP contribution in [0.5, 0.6) is 0 Å². The zero-order chi connectivity index (χ0) is 14.7. The molecule has 4 nitrogen and oxygen atoms in total. The smallest absolute Gasteiger partial charge is 0.255 e. The Hall–Kier alpha value is -2.58. The Morgan fingerprint density at radius 3 is 2.70 bits per heavy atom. The van der Waals surface area contributed by atoms with Crippen molar-refractivity contribution in [2.75, 3.05) is 11.1 Å². The molecule has 0 bridgehead atoms. The van der Waals surface area contributed by atoms with Crippen molar-refractivity contribution < 1.29 is 9.18 Å². The molecule has 0 aliphatic carbocycles. The van der Waals surface area contributed by atoms with Gasteiger partial charge in [-0.3, -0.25) is 4.79 Å². The molecule has 0 heterocycles. The summed E-state index contributed by atoms with van der Waals surface area (Å²) in [5.41, 5.74) is 6.35. The summed E-state index contributed by atoms with van der Waals surface area (Å²) in [5.74, 6) is -1.12. The van der Waals surface area contributed by atoms with Crippen LogP contribution in [0, 0.1) is 17.1 Å². The maximum Gasteiger partial charge on any atom is 0.255 e. The summed E-state index contributed by atoms with van der Waals surface area (Å²) in [6.07, 6.45) is 0. The number of hydrogen-bond acceptors (Lipinski definition) is 3. The van der Waals surface area contributed by atoms with Crippen molar-refractivity contribution in [3.05, 3.63) is 58.4 Å². The van der Waals surface area contributed by atoms with Crippen LogP contribution >= 0.6 is 11.6 Å². The summed E-state index contributed by atoms with van der Waals surface area (Å²) < 4.78 is 13.2. The van der Waals surface area contributed by atoms with E-state index in [0.717, 1.165) is 12.1 Å². The van der Waals surface area contributed by atoms with Crippen LogP contribution in [0.2, 0.25) is 5.02 Å². The molecule has 0 aliphatic heterocycles. The first-order valence-electron chi connectivity index (χ1n) is 5.56. The highest BCUT2D eigenvalue weighted by Crippen LogP contribution is 2.20. The topological polar surface area (TPSA) is 78.9 Å². The van der Waals surface area contributed by atoms with Crippen LogP contribution in [0.25, 0.3) is 0 Å². The lowest BCUT2D eigenvalue weighted by Gasteiger charge is -2.07. The molecule has 0 unspecified atom stereocenters. The number of carbonyl (C=O) groups excluding carboxylic acids is 1. The molecular weight excluding hydrogens is 281 g/mol. The van der Waals surface area contributed by atoms with Gasteiger partial charge >= 0.3 is 0 Å². The van der Waals surface area contributed by atoms with Crippen molar-refractivity contribution in [1.29, 1.82) is 5.26 Å². The highest BCUT2D eigenvalue weighted by atomic mass is 35.5. The first-order valence-corrected chi connectivity index (χ1v) is 5.94. The normalized spacial score (nSPS) is 9.85. The maximum absolute atomic E-state index is 13.2. The van der Waals surface area contributed by atoms with Gasteiger partial charge in [0, 0.05) is 16.9 Å². The van der Waals surface area contributed by atoms with E-state index in [4.69, 9.17) is 22.6 Å². The molecule has 2 aromatic rings. The molecule has 1 amide bonds. The zero-order valence-corrected chi connectivity index (χ0v) is 10.9.